The second kappa shape index (κ2) is 8.35. The number of methoxy groups -OCH3 is 2. The van der Waals surface area contributed by atoms with Crippen LogP contribution in [0.15, 0.2) is 48.5 Å². The average molecular weight is 353 g/mol. The highest BCUT2D eigenvalue weighted by molar-refractivity contribution is 5.48. The molecule has 0 aliphatic carbocycles. The smallest absolute Gasteiger partial charge is 0.171 e. The van der Waals surface area contributed by atoms with Crippen LogP contribution in [0.5, 0.6) is 11.5 Å². The van der Waals surface area contributed by atoms with Gasteiger partial charge in [0.2, 0.25) is 0 Å². The number of H-pyrrole nitrogens is 1. The Morgan fingerprint density at radius 2 is 1.81 bits per heavy atom. The van der Waals surface area contributed by atoms with Crippen molar-refractivity contribution in [2.45, 2.75) is 12.5 Å². The summed E-state index contributed by atoms with van der Waals surface area (Å²) in [5.74, 6) is 2.93. The van der Waals surface area contributed by atoms with Gasteiger partial charge in [0, 0.05) is 24.7 Å². The zero-order valence-corrected chi connectivity index (χ0v) is 14.9. The van der Waals surface area contributed by atoms with E-state index >= 15 is 0 Å². The van der Waals surface area contributed by atoms with Crippen LogP contribution >= 0.6 is 0 Å². The maximum Gasteiger partial charge on any atom is 0.171 e. The van der Waals surface area contributed by atoms with E-state index in [2.05, 4.69) is 20.5 Å². The van der Waals surface area contributed by atoms with E-state index in [9.17, 15) is 0 Å². The molecule has 0 aliphatic rings. The molecule has 0 aliphatic heterocycles. The fourth-order valence-electron chi connectivity index (χ4n) is 2.60. The number of aromatic nitrogens is 3. The van der Waals surface area contributed by atoms with E-state index in [1.54, 1.807) is 14.2 Å². The molecule has 0 saturated carbocycles. The number of anilines is 1. The molecule has 1 aromatic heterocycles. The first-order valence-corrected chi connectivity index (χ1v) is 8.38. The van der Waals surface area contributed by atoms with Crippen molar-refractivity contribution in [3.05, 3.63) is 65.7 Å². The molecular formula is C19H23N5O2. The highest BCUT2D eigenvalue weighted by atomic mass is 16.5. The average Bonchev–Trinajstić information content (AvgIpc) is 3.16. The van der Waals surface area contributed by atoms with Crippen molar-refractivity contribution in [2.75, 3.05) is 26.1 Å². The molecule has 0 bridgehead atoms. The summed E-state index contributed by atoms with van der Waals surface area (Å²) in [4.78, 5) is 4.51. The minimum absolute atomic E-state index is 0.401. The first-order chi connectivity index (χ1) is 12.7. The van der Waals surface area contributed by atoms with Crippen molar-refractivity contribution in [1.82, 2.24) is 15.2 Å². The second-order valence-corrected chi connectivity index (χ2v) is 5.80. The predicted molar refractivity (Wildman–Crippen MR) is 101 cm³/mol. The van der Waals surface area contributed by atoms with Crippen molar-refractivity contribution in [2.24, 2.45) is 5.73 Å². The molecule has 3 rings (SSSR count). The molecular weight excluding hydrogens is 330 g/mol. The molecule has 0 amide bonds. The first-order valence-electron chi connectivity index (χ1n) is 8.38. The van der Waals surface area contributed by atoms with Crippen molar-refractivity contribution in [1.29, 1.82) is 0 Å². The molecule has 1 heterocycles. The van der Waals surface area contributed by atoms with Crippen LogP contribution in [-0.2, 0) is 6.42 Å². The number of nitrogens with zero attached hydrogens (tertiary/aromatic N) is 2. The van der Waals surface area contributed by atoms with Crippen molar-refractivity contribution < 1.29 is 9.47 Å². The van der Waals surface area contributed by atoms with Gasteiger partial charge in [-0.3, -0.25) is 5.10 Å². The molecule has 0 unspecified atom stereocenters. The third kappa shape index (κ3) is 4.31. The number of benzene rings is 2. The van der Waals surface area contributed by atoms with Gasteiger partial charge in [-0.15, -0.1) is 0 Å². The molecule has 4 N–H and O–H groups in total. The Balaban J connectivity index is 1.58. The Kier molecular flexibility index (Phi) is 5.70. The van der Waals surface area contributed by atoms with Crippen LogP contribution < -0.4 is 20.5 Å². The third-order valence-corrected chi connectivity index (χ3v) is 4.04. The van der Waals surface area contributed by atoms with E-state index in [0.717, 1.165) is 35.1 Å². The highest BCUT2D eigenvalue weighted by Gasteiger charge is 2.15. The van der Waals surface area contributed by atoms with E-state index in [-0.39, 0.29) is 0 Å². The summed E-state index contributed by atoms with van der Waals surface area (Å²) in [5, 5.41) is 10.5. The Morgan fingerprint density at radius 1 is 1.08 bits per heavy atom. The van der Waals surface area contributed by atoms with Gasteiger partial charge in [0.25, 0.3) is 0 Å². The monoisotopic (exact) mass is 353 g/mol. The third-order valence-electron chi connectivity index (χ3n) is 4.04. The Hall–Kier alpha value is -3.06. The van der Waals surface area contributed by atoms with Gasteiger partial charge in [0.1, 0.15) is 17.3 Å². The molecule has 136 valence electrons. The summed E-state index contributed by atoms with van der Waals surface area (Å²) in [7, 11) is 3.28. The molecule has 0 saturated heterocycles. The zero-order valence-electron chi connectivity index (χ0n) is 14.9. The van der Waals surface area contributed by atoms with Gasteiger partial charge in [-0.1, -0.05) is 18.2 Å². The number of hydrogen-bond acceptors (Lipinski definition) is 6. The van der Waals surface area contributed by atoms with E-state index in [4.69, 9.17) is 15.2 Å². The summed E-state index contributed by atoms with van der Waals surface area (Å²) in [6.07, 6.45) is 0.703. The summed E-state index contributed by atoms with van der Waals surface area (Å²) >= 11 is 0. The van der Waals surface area contributed by atoms with Crippen molar-refractivity contribution >= 4 is 5.69 Å². The van der Waals surface area contributed by atoms with Crippen molar-refractivity contribution in [3.8, 4) is 11.5 Å². The second-order valence-electron chi connectivity index (χ2n) is 5.80. The van der Waals surface area contributed by atoms with Gasteiger partial charge in [0.15, 0.2) is 5.82 Å². The van der Waals surface area contributed by atoms with Gasteiger partial charge in [-0.2, -0.15) is 5.10 Å². The molecule has 1 atom stereocenters. The number of rotatable bonds is 8. The van der Waals surface area contributed by atoms with Gasteiger partial charge >= 0.3 is 0 Å². The lowest BCUT2D eigenvalue weighted by Gasteiger charge is -2.09. The van der Waals surface area contributed by atoms with Crippen LogP contribution in [0.4, 0.5) is 5.69 Å². The number of aromatic amines is 1. The molecule has 7 heteroatoms. The summed E-state index contributed by atoms with van der Waals surface area (Å²) < 4.78 is 10.5. The molecule has 3 aromatic rings. The zero-order chi connectivity index (χ0) is 18.4. The molecule has 0 radical (unpaired) electrons. The predicted octanol–water partition coefficient (Wildman–Crippen LogP) is 2.52. The van der Waals surface area contributed by atoms with Crippen LogP contribution in [0.1, 0.15) is 23.3 Å². The molecule has 7 nitrogen and oxygen atoms in total. The molecule has 0 spiro atoms. The lowest BCUT2D eigenvalue weighted by Crippen LogP contribution is -2.14. The summed E-state index contributed by atoms with van der Waals surface area (Å²) in [6.45, 7) is 0.718. The number of hydrogen-bond donors (Lipinski definition) is 3. The summed E-state index contributed by atoms with van der Waals surface area (Å²) in [5.41, 5.74) is 8.18. The van der Waals surface area contributed by atoms with Gasteiger partial charge in [0.05, 0.1) is 20.3 Å². The van der Waals surface area contributed by atoms with Crippen LogP contribution in [0.2, 0.25) is 0 Å². The largest absolute Gasteiger partial charge is 0.497 e. The van der Waals surface area contributed by atoms with Crippen LogP contribution in [0.25, 0.3) is 0 Å². The summed E-state index contributed by atoms with van der Waals surface area (Å²) in [6, 6.07) is 15.0. The topological polar surface area (TPSA) is 98.1 Å². The van der Waals surface area contributed by atoms with Crippen LogP contribution in [0, 0.1) is 0 Å². The Bertz CT molecular complexity index is 849. The van der Waals surface area contributed by atoms with E-state index in [1.807, 2.05) is 48.5 Å². The maximum absolute atomic E-state index is 6.27. The minimum atomic E-state index is -0.401. The van der Waals surface area contributed by atoms with Gasteiger partial charge < -0.3 is 20.5 Å². The fraction of sp³-hybridized carbons (Fsp3) is 0.263. The maximum atomic E-state index is 6.27. The normalized spacial score (nSPS) is 11.8. The van der Waals surface area contributed by atoms with Crippen LogP contribution in [0.3, 0.4) is 0 Å². The Morgan fingerprint density at radius 3 is 2.58 bits per heavy atom. The Labute approximate surface area is 152 Å². The fourth-order valence-corrected chi connectivity index (χ4v) is 2.60. The van der Waals surface area contributed by atoms with E-state index in [1.165, 1.54) is 0 Å². The standard InChI is InChI=1S/C19H23N5O2/c1-25-15-7-3-5-13(11-15)18(20)19-22-17(23-24-19)9-10-21-14-6-4-8-16(12-14)26-2/h3-8,11-12,18,21H,9-10,20H2,1-2H3,(H,22,23,24)/t18-/m1/s1. The lowest BCUT2D eigenvalue weighted by molar-refractivity contribution is 0.414. The number of nitrogens with two attached hydrogens (primary N) is 1. The quantitative estimate of drug-likeness (QED) is 0.576. The van der Waals surface area contributed by atoms with Crippen LogP contribution in [-0.4, -0.2) is 35.9 Å². The highest BCUT2D eigenvalue weighted by Crippen LogP contribution is 2.21. The minimum Gasteiger partial charge on any atom is -0.497 e. The molecule has 0 fully saturated rings. The molecule has 2 aromatic carbocycles. The van der Waals surface area contributed by atoms with E-state index < -0.39 is 6.04 Å². The number of nitrogens with one attached hydrogen (secondary N) is 2. The van der Waals surface area contributed by atoms with Gasteiger partial charge in [-0.25, -0.2) is 4.98 Å². The SMILES string of the molecule is COc1cccc(NCCc2nc([C@H](N)c3cccc(OC)c3)n[nH]2)c1. The number of ether oxygens (including phenoxy) is 2. The molecule has 26 heavy (non-hydrogen) atoms. The first kappa shape index (κ1) is 17.8. The van der Waals surface area contributed by atoms with Crippen molar-refractivity contribution in [3.63, 3.8) is 0 Å². The van der Waals surface area contributed by atoms with Gasteiger partial charge in [-0.05, 0) is 29.8 Å². The lowest BCUT2D eigenvalue weighted by atomic mass is 10.1. The van der Waals surface area contributed by atoms with E-state index in [0.29, 0.717) is 12.2 Å².